The van der Waals surface area contributed by atoms with Gasteiger partial charge >= 0.3 is 0 Å². The zero-order chi connectivity index (χ0) is 21.3. The van der Waals surface area contributed by atoms with Gasteiger partial charge < -0.3 is 10.0 Å². The van der Waals surface area contributed by atoms with E-state index in [0.717, 1.165) is 5.56 Å². The largest absolute Gasteiger partial charge is 0.375 e. The van der Waals surface area contributed by atoms with Crippen LogP contribution in [0.1, 0.15) is 28.4 Å². The van der Waals surface area contributed by atoms with Gasteiger partial charge in [-0.15, -0.1) is 0 Å². The molecule has 2 atom stereocenters. The van der Waals surface area contributed by atoms with E-state index in [-0.39, 0.29) is 5.78 Å². The molecule has 1 N–H and O–H groups in total. The lowest BCUT2D eigenvalue weighted by Crippen LogP contribution is -2.47. The second-order valence-electron chi connectivity index (χ2n) is 7.57. The number of anilines is 1. The molecule has 3 aromatic carbocycles. The molecule has 4 rings (SSSR count). The van der Waals surface area contributed by atoms with Gasteiger partial charge in [0.15, 0.2) is 11.4 Å². The van der Waals surface area contributed by atoms with E-state index in [2.05, 4.69) is 0 Å². The van der Waals surface area contributed by atoms with E-state index in [0.29, 0.717) is 34.8 Å². The van der Waals surface area contributed by atoms with Crippen molar-refractivity contribution in [2.24, 2.45) is 5.92 Å². The molecule has 1 amide bonds. The molecule has 0 saturated carbocycles. The van der Waals surface area contributed by atoms with Gasteiger partial charge in [0.1, 0.15) is 0 Å². The first-order valence-corrected chi connectivity index (χ1v) is 10.3. The molecule has 30 heavy (non-hydrogen) atoms. The van der Waals surface area contributed by atoms with Crippen LogP contribution >= 0.6 is 11.6 Å². The van der Waals surface area contributed by atoms with E-state index in [1.54, 1.807) is 54.3 Å². The fourth-order valence-electron chi connectivity index (χ4n) is 4.05. The molecule has 1 aliphatic rings. The summed E-state index contributed by atoms with van der Waals surface area (Å²) >= 11 is 6.19. The number of carbonyl (C=O) groups is 2. The number of amides is 1. The van der Waals surface area contributed by atoms with Crippen LogP contribution in [0.3, 0.4) is 0 Å². The summed E-state index contributed by atoms with van der Waals surface area (Å²) in [5.74, 6) is -1.75. The van der Waals surface area contributed by atoms with Gasteiger partial charge in [0.05, 0.1) is 11.6 Å². The van der Waals surface area contributed by atoms with E-state index >= 15 is 0 Å². The standard InChI is InChI=1S/C25H22ClNO3/c1-17(23(28)19-10-6-3-7-11-19)25(30)21-16-20(26)12-13-22(21)27(24(25)29)15-14-18-8-4-2-5-9-18/h2-13,16-17,30H,14-15H2,1H3. The third-order valence-corrected chi connectivity index (χ3v) is 6.01. The predicted octanol–water partition coefficient (Wildman–Crippen LogP) is 4.64. The summed E-state index contributed by atoms with van der Waals surface area (Å²) in [5, 5.41) is 12.0. The summed E-state index contributed by atoms with van der Waals surface area (Å²) in [6, 6.07) is 23.6. The minimum absolute atomic E-state index is 0.290. The van der Waals surface area contributed by atoms with E-state index < -0.39 is 17.4 Å². The van der Waals surface area contributed by atoms with Crippen LogP contribution in [0.4, 0.5) is 5.69 Å². The summed E-state index contributed by atoms with van der Waals surface area (Å²) < 4.78 is 0. The van der Waals surface area contributed by atoms with Crippen LogP contribution in [0.25, 0.3) is 0 Å². The highest BCUT2D eigenvalue weighted by Crippen LogP contribution is 2.46. The van der Waals surface area contributed by atoms with Crippen molar-refractivity contribution in [1.29, 1.82) is 0 Å². The van der Waals surface area contributed by atoms with E-state index in [1.807, 2.05) is 36.4 Å². The molecule has 0 bridgehead atoms. The smallest absolute Gasteiger partial charge is 0.264 e. The first-order valence-electron chi connectivity index (χ1n) is 9.90. The summed E-state index contributed by atoms with van der Waals surface area (Å²) in [5.41, 5.74) is 0.548. The lowest BCUT2D eigenvalue weighted by molar-refractivity contribution is -0.139. The molecule has 1 heterocycles. The quantitative estimate of drug-likeness (QED) is 0.592. The number of hydrogen-bond donors (Lipinski definition) is 1. The minimum Gasteiger partial charge on any atom is -0.375 e. The highest BCUT2D eigenvalue weighted by molar-refractivity contribution is 6.31. The van der Waals surface area contributed by atoms with Gasteiger partial charge in [0, 0.05) is 22.7 Å². The Balaban J connectivity index is 1.70. The van der Waals surface area contributed by atoms with Crippen LogP contribution in [0.15, 0.2) is 78.9 Å². The van der Waals surface area contributed by atoms with Gasteiger partial charge in [-0.3, -0.25) is 9.59 Å². The Labute approximate surface area is 180 Å². The van der Waals surface area contributed by atoms with E-state index in [1.165, 1.54) is 0 Å². The molecular formula is C25H22ClNO3. The number of fused-ring (bicyclic) bond motifs is 1. The van der Waals surface area contributed by atoms with Crippen LogP contribution < -0.4 is 4.90 Å². The van der Waals surface area contributed by atoms with Gasteiger partial charge in [0.2, 0.25) is 0 Å². The Hall–Kier alpha value is -2.95. The molecule has 0 radical (unpaired) electrons. The number of hydrogen-bond acceptors (Lipinski definition) is 3. The van der Waals surface area contributed by atoms with Crippen molar-refractivity contribution in [1.82, 2.24) is 0 Å². The number of ketones is 1. The number of Topliss-reactive ketones (excluding diaryl/α,β-unsaturated/α-hetero) is 1. The molecule has 0 spiro atoms. The van der Waals surface area contributed by atoms with E-state index in [9.17, 15) is 14.7 Å². The second kappa shape index (κ2) is 8.05. The molecule has 2 unspecified atom stereocenters. The Morgan fingerprint density at radius 1 is 1.03 bits per heavy atom. The van der Waals surface area contributed by atoms with Crippen molar-refractivity contribution in [3.05, 3.63) is 101 Å². The molecule has 0 aliphatic carbocycles. The summed E-state index contributed by atoms with van der Waals surface area (Å²) in [6.45, 7) is 1.99. The van der Waals surface area contributed by atoms with Gasteiger partial charge in [0.25, 0.3) is 5.91 Å². The first kappa shape index (κ1) is 20.3. The molecule has 1 aliphatic heterocycles. The normalized spacial score (nSPS) is 18.9. The SMILES string of the molecule is CC(C(=O)c1ccccc1)C1(O)C(=O)N(CCc2ccccc2)c2ccc(Cl)cc21. The highest BCUT2D eigenvalue weighted by Gasteiger charge is 2.55. The van der Waals surface area contributed by atoms with Crippen molar-refractivity contribution >= 4 is 29.0 Å². The van der Waals surface area contributed by atoms with Crippen LogP contribution in [0.5, 0.6) is 0 Å². The third kappa shape index (κ3) is 3.42. The van der Waals surface area contributed by atoms with Gasteiger partial charge in [-0.25, -0.2) is 0 Å². The Morgan fingerprint density at radius 3 is 2.33 bits per heavy atom. The first-order chi connectivity index (χ1) is 14.4. The average molecular weight is 420 g/mol. The Bertz CT molecular complexity index is 1080. The van der Waals surface area contributed by atoms with Gasteiger partial charge in [-0.2, -0.15) is 0 Å². The van der Waals surface area contributed by atoms with Crippen LogP contribution in [0.2, 0.25) is 5.02 Å². The Kier molecular flexibility index (Phi) is 5.46. The van der Waals surface area contributed by atoms with Crippen LogP contribution in [-0.2, 0) is 16.8 Å². The number of nitrogens with zero attached hydrogens (tertiary/aromatic N) is 1. The maximum atomic E-state index is 13.5. The van der Waals surface area contributed by atoms with Crippen LogP contribution in [0, 0.1) is 5.92 Å². The highest BCUT2D eigenvalue weighted by atomic mass is 35.5. The molecule has 0 aromatic heterocycles. The molecule has 0 fully saturated rings. The van der Waals surface area contributed by atoms with Gasteiger partial charge in [-0.1, -0.05) is 79.2 Å². The molecule has 3 aromatic rings. The molecule has 152 valence electrons. The lowest BCUT2D eigenvalue weighted by atomic mass is 9.79. The van der Waals surface area contributed by atoms with Crippen molar-refractivity contribution in [3.8, 4) is 0 Å². The predicted molar refractivity (Wildman–Crippen MR) is 118 cm³/mol. The summed E-state index contributed by atoms with van der Waals surface area (Å²) in [6.07, 6.45) is 0.631. The second-order valence-corrected chi connectivity index (χ2v) is 8.01. The Morgan fingerprint density at radius 2 is 1.67 bits per heavy atom. The van der Waals surface area contributed by atoms with Crippen molar-refractivity contribution in [2.75, 3.05) is 11.4 Å². The molecular weight excluding hydrogens is 398 g/mol. The van der Waals surface area contributed by atoms with Crippen LogP contribution in [-0.4, -0.2) is 23.3 Å². The molecule has 5 heteroatoms. The zero-order valence-corrected chi connectivity index (χ0v) is 17.3. The summed E-state index contributed by atoms with van der Waals surface area (Å²) in [4.78, 5) is 28.1. The number of aliphatic hydroxyl groups is 1. The lowest BCUT2D eigenvalue weighted by Gasteiger charge is -2.28. The number of rotatable bonds is 6. The maximum absolute atomic E-state index is 13.5. The molecule has 0 saturated heterocycles. The van der Waals surface area contributed by atoms with E-state index in [4.69, 9.17) is 11.6 Å². The van der Waals surface area contributed by atoms with Crippen molar-refractivity contribution < 1.29 is 14.7 Å². The summed E-state index contributed by atoms with van der Waals surface area (Å²) in [7, 11) is 0. The average Bonchev–Trinajstić information content (AvgIpc) is 2.99. The monoisotopic (exact) mass is 419 g/mol. The molecule has 4 nitrogen and oxygen atoms in total. The number of halogens is 1. The zero-order valence-electron chi connectivity index (χ0n) is 16.6. The maximum Gasteiger partial charge on any atom is 0.264 e. The number of carbonyl (C=O) groups excluding carboxylic acids is 2. The fourth-order valence-corrected chi connectivity index (χ4v) is 4.22. The van der Waals surface area contributed by atoms with Gasteiger partial charge in [-0.05, 0) is 30.2 Å². The fraction of sp³-hybridized carbons (Fsp3) is 0.200. The van der Waals surface area contributed by atoms with Crippen molar-refractivity contribution in [2.45, 2.75) is 18.9 Å². The third-order valence-electron chi connectivity index (χ3n) is 5.78. The topological polar surface area (TPSA) is 57.6 Å². The minimum atomic E-state index is -1.97. The van der Waals surface area contributed by atoms with Crippen molar-refractivity contribution in [3.63, 3.8) is 0 Å². The number of benzene rings is 3.